The third-order valence-electron chi connectivity index (χ3n) is 3.12. The SMILES string of the molecule is CCC(CC(CN)CO)c1cccc(Cl)c1Cl. The van der Waals surface area contributed by atoms with Crippen molar-refractivity contribution in [3.8, 4) is 0 Å². The second-order valence-electron chi connectivity index (χ2n) is 4.27. The molecule has 0 aliphatic rings. The fraction of sp³-hybridized carbons (Fsp3) is 0.538. The van der Waals surface area contributed by atoms with Crippen LogP contribution in [0.15, 0.2) is 18.2 Å². The molecule has 96 valence electrons. The Morgan fingerprint density at radius 2 is 2.06 bits per heavy atom. The van der Waals surface area contributed by atoms with Crippen LogP contribution in [0.2, 0.25) is 10.0 Å². The van der Waals surface area contributed by atoms with E-state index in [9.17, 15) is 5.11 Å². The zero-order valence-electron chi connectivity index (χ0n) is 10.00. The van der Waals surface area contributed by atoms with E-state index in [4.69, 9.17) is 28.9 Å². The predicted molar refractivity (Wildman–Crippen MR) is 73.7 cm³/mol. The van der Waals surface area contributed by atoms with Gasteiger partial charge in [-0.25, -0.2) is 0 Å². The average Bonchev–Trinajstić information content (AvgIpc) is 2.35. The van der Waals surface area contributed by atoms with Crippen molar-refractivity contribution in [1.29, 1.82) is 0 Å². The smallest absolute Gasteiger partial charge is 0.0627 e. The van der Waals surface area contributed by atoms with Crippen LogP contribution in [0.3, 0.4) is 0 Å². The van der Waals surface area contributed by atoms with Gasteiger partial charge in [-0.1, -0.05) is 42.3 Å². The number of hydrogen-bond acceptors (Lipinski definition) is 2. The summed E-state index contributed by atoms with van der Waals surface area (Å²) in [4.78, 5) is 0. The summed E-state index contributed by atoms with van der Waals surface area (Å²) < 4.78 is 0. The number of halogens is 2. The molecule has 3 N–H and O–H groups in total. The van der Waals surface area contributed by atoms with Crippen LogP contribution in [0.4, 0.5) is 0 Å². The minimum Gasteiger partial charge on any atom is -0.396 e. The summed E-state index contributed by atoms with van der Waals surface area (Å²) >= 11 is 12.2. The van der Waals surface area contributed by atoms with Crippen molar-refractivity contribution in [3.63, 3.8) is 0 Å². The normalized spacial score (nSPS) is 14.6. The highest BCUT2D eigenvalue weighted by molar-refractivity contribution is 6.42. The van der Waals surface area contributed by atoms with E-state index in [0.717, 1.165) is 18.4 Å². The lowest BCUT2D eigenvalue weighted by molar-refractivity contribution is 0.214. The third-order valence-corrected chi connectivity index (χ3v) is 3.96. The molecular formula is C13H19Cl2NO. The lowest BCUT2D eigenvalue weighted by Gasteiger charge is -2.21. The highest BCUT2D eigenvalue weighted by atomic mass is 35.5. The fourth-order valence-electron chi connectivity index (χ4n) is 2.00. The molecule has 2 atom stereocenters. The molecule has 0 saturated heterocycles. The molecule has 0 aliphatic heterocycles. The lowest BCUT2D eigenvalue weighted by atomic mass is 9.87. The molecule has 0 amide bonds. The molecule has 1 aromatic carbocycles. The van der Waals surface area contributed by atoms with Gasteiger partial charge >= 0.3 is 0 Å². The van der Waals surface area contributed by atoms with Crippen LogP contribution in [0.25, 0.3) is 0 Å². The highest BCUT2D eigenvalue weighted by Gasteiger charge is 2.18. The quantitative estimate of drug-likeness (QED) is 0.836. The van der Waals surface area contributed by atoms with E-state index in [0.29, 0.717) is 22.5 Å². The van der Waals surface area contributed by atoms with Crippen molar-refractivity contribution in [2.24, 2.45) is 11.7 Å². The predicted octanol–water partition coefficient (Wildman–Crippen LogP) is 3.44. The number of hydrogen-bond donors (Lipinski definition) is 2. The molecule has 2 nitrogen and oxygen atoms in total. The molecule has 0 heterocycles. The van der Waals surface area contributed by atoms with Gasteiger partial charge in [0, 0.05) is 6.61 Å². The molecule has 1 aromatic rings. The molecule has 0 fully saturated rings. The summed E-state index contributed by atoms with van der Waals surface area (Å²) in [6.45, 7) is 2.71. The second kappa shape index (κ2) is 7.22. The van der Waals surface area contributed by atoms with Crippen LogP contribution in [0.1, 0.15) is 31.2 Å². The van der Waals surface area contributed by atoms with E-state index >= 15 is 0 Å². The zero-order chi connectivity index (χ0) is 12.8. The molecule has 17 heavy (non-hydrogen) atoms. The Kier molecular flexibility index (Phi) is 6.28. The van der Waals surface area contributed by atoms with Crippen molar-refractivity contribution < 1.29 is 5.11 Å². The maximum Gasteiger partial charge on any atom is 0.0627 e. The van der Waals surface area contributed by atoms with Gasteiger partial charge in [-0.05, 0) is 42.9 Å². The van der Waals surface area contributed by atoms with Crippen LogP contribution < -0.4 is 5.73 Å². The Hall–Kier alpha value is -0.280. The first kappa shape index (κ1) is 14.8. The molecule has 2 unspecified atom stereocenters. The Labute approximate surface area is 113 Å². The Bertz CT molecular complexity index is 353. The summed E-state index contributed by atoms with van der Waals surface area (Å²) in [6.07, 6.45) is 1.79. The lowest BCUT2D eigenvalue weighted by Crippen LogP contribution is -2.20. The Morgan fingerprint density at radius 1 is 1.35 bits per heavy atom. The van der Waals surface area contributed by atoms with E-state index in [-0.39, 0.29) is 12.5 Å². The Morgan fingerprint density at radius 3 is 2.59 bits per heavy atom. The van der Waals surface area contributed by atoms with E-state index in [1.54, 1.807) is 6.07 Å². The zero-order valence-corrected chi connectivity index (χ0v) is 11.5. The number of rotatable bonds is 6. The second-order valence-corrected chi connectivity index (χ2v) is 5.05. The number of nitrogens with two attached hydrogens (primary N) is 1. The molecule has 1 rings (SSSR count). The van der Waals surface area contributed by atoms with Crippen LogP contribution in [0, 0.1) is 5.92 Å². The van der Waals surface area contributed by atoms with Gasteiger partial charge < -0.3 is 10.8 Å². The molecular weight excluding hydrogens is 257 g/mol. The maximum atomic E-state index is 9.20. The van der Waals surface area contributed by atoms with Crippen LogP contribution in [-0.4, -0.2) is 18.3 Å². The largest absolute Gasteiger partial charge is 0.396 e. The molecule has 0 radical (unpaired) electrons. The minimum atomic E-state index is 0.116. The average molecular weight is 276 g/mol. The van der Waals surface area contributed by atoms with Gasteiger partial charge in [-0.2, -0.15) is 0 Å². The van der Waals surface area contributed by atoms with Crippen molar-refractivity contribution >= 4 is 23.2 Å². The number of aliphatic hydroxyl groups is 1. The first-order chi connectivity index (χ1) is 8.13. The number of benzene rings is 1. The summed E-state index contributed by atoms with van der Waals surface area (Å²) in [5.74, 6) is 0.414. The maximum absolute atomic E-state index is 9.20. The van der Waals surface area contributed by atoms with E-state index in [1.807, 2.05) is 12.1 Å². The molecule has 4 heteroatoms. The molecule has 0 aliphatic carbocycles. The summed E-state index contributed by atoms with van der Waals surface area (Å²) in [5, 5.41) is 10.4. The topological polar surface area (TPSA) is 46.2 Å². The highest BCUT2D eigenvalue weighted by Crippen LogP contribution is 2.35. The molecule has 0 spiro atoms. The number of aliphatic hydroxyl groups excluding tert-OH is 1. The van der Waals surface area contributed by atoms with Gasteiger partial charge in [0.1, 0.15) is 0 Å². The summed E-state index contributed by atoms with van der Waals surface area (Å²) in [7, 11) is 0. The fourth-order valence-corrected chi connectivity index (χ4v) is 2.46. The monoisotopic (exact) mass is 275 g/mol. The Balaban J connectivity index is 2.89. The molecule has 0 aromatic heterocycles. The molecule has 0 saturated carbocycles. The van der Waals surface area contributed by atoms with Crippen LogP contribution >= 0.6 is 23.2 Å². The van der Waals surface area contributed by atoms with Crippen molar-refractivity contribution in [3.05, 3.63) is 33.8 Å². The summed E-state index contributed by atoms with van der Waals surface area (Å²) in [6, 6.07) is 5.68. The third kappa shape index (κ3) is 3.85. The van der Waals surface area contributed by atoms with Gasteiger partial charge in [-0.3, -0.25) is 0 Å². The van der Waals surface area contributed by atoms with E-state index in [1.165, 1.54) is 0 Å². The van der Waals surface area contributed by atoms with Gasteiger partial charge in [-0.15, -0.1) is 0 Å². The van der Waals surface area contributed by atoms with Gasteiger partial charge in [0.15, 0.2) is 0 Å². The first-order valence-corrected chi connectivity index (χ1v) is 6.64. The van der Waals surface area contributed by atoms with Crippen molar-refractivity contribution in [2.45, 2.75) is 25.7 Å². The first-order valence-electron chi connectivity index (χ1n) is 5.88. The van der Waals surface area contributed by atoms with Gasteiger partial charge in [0.25, 0.3) is 0 Å². The van der Waals surface area contributed by atoms with Gasteiger partial charge in [0.2, 0.25) is 0 Å². The van der Waals surface area contributed by atoms with E-state index in [2.05, 4.69) is 6.92 Å². The van der Waals surface area contributed by atoms with Crippen LogP contribution in [0.5, 0.6) is 0 Å². The van der Waals surface area contributed by atoms with Crippen molar-refractivity contribution in [2.75, 3.05) is 13.2 Å². The molecule has 0 bridgehead atoms. The minimum absolute atomic E-state index is 0.116. The van der Waals surface area contributed by atoms with Gasteiger partial charge in [0.05, 0.1) is 10.0 Å². The van der Waals surface area contributed by atoms with E-state index < -0.39 is 0 Å². The van der Waals surface area contributed by atoms with Crippen molar-refractivity contribution in [1.82, 2.24) is 0 Å². The standard InChI is InChI=1S/C13H19Cl2NO/c1-2-10(6-9(7-16)8-17)11-4-3-5-12(14)13(11)15/h3-5,9-10,17H,2,6-8,16H2,1H3. The summed E-state index contributed by atoms with van der Waals surface area (Å²) in [5.41, 5.74) is 6.66. The van der Waals surface area contributed by atoms with Crippen LogP contribution in [-0.2, 0) is 0 Å².